The number of H-pyrrole nitrogens is 1. The van der Waals surface area contributed by atoms with Crippen LogP contribution in [0, 0.1) is 11.8 Å². The molecule has 0 radical (unpaired) electrons. The third kappa shape index (κ3) is 5.03. The molecule has 3 atom stereocenters. The number of nitrogens with one attached hydrogen (secondary N) is 1. The van der Waals surface area contributed by atoms with Crippen LogP contribution in [0.3, 0.4) is 0 Å². The molecular formula is C28H33N7O3. The van der Waals surface area contributed by atoms with Crippen molar-refractivity contribution in [1.29, 1.82) is 0 Å². The zero-order valence-electron chi connectivity index (χ0n) is 21.7. The summed E-state index contributed by atoms with van der Waals surface area (Å²) in [7, 11) is 0. The van der Waals surface area contributed by atoms with E-state index in [1.54, 1.807) is 15.3 Å². The van der Waals surface area contributed by atoms with Crippen LogP contribution in [0.25, 0.3) is 22.5 Å². The highest BCUT2D eigenvalue weighted by Gasteiger charge is 2.38. The molecule has 1 aliphatic rings. The molecule has 38 heavy (non-hydrogen) atoms. The molecular weight excluding hydrogens is 482 g/mol. The second kappa shape index (κ2) is 11.1. The first-order valence-electron chi connectivity index (χ1n) is 13.3. The van der Waals surface area contributed by atoms with Gasteiger partial charge >= 0.3 is 11.7 Å². The molecule has 10 nitrogen and oxygen atoms in total. The van der Waals surface area contributed by atoms with E-state index in [4.69, 9.17) is 4.98 Å². The average molecular weight is 516 g/mol. The lowest BCUT2D eigenvalue weighted by Crippen LogP contribution is -2.39. The van der Waals surface area contributed by atoms with Gasteiger partial charge in [0.15, 0.2) is 5.82 Å². The molecule has 0 aliphatic heterocycles. The van der Waals surface area contributed by atoms with Gasteiger partial charge in [0.1, 0.15) is 0 Å². The Kier molecular flexibility index (Phi) is 7.48. The largest absolute Gasteiger partial charge is 0.481 e. The van der Waals surface area contributed by atoms with Crippen LogP contribution in [0.15, 0.2) is 53.6 Å². The van der Waals surface area contributed by atoms with Crippen molar-refractivity contribution in [3.05, 3.63) is 70.7 Å². The minimum Gasteiger partial charge on any atom is -0.481 e. The van der Waals surface area contributed by atoms with Crippen molar-refractivity contribution >= 4 is 5.97 Å². The molecule has 3 aromatic heterocycles. The number of aryl methyl sites for hydroxylation is 1. The fraction of sp³-hybridized carbons (Fsp3) is 0.429. The van der Waals surface area contributed by atoms with E-state index in [9.17, 15) is 14.7 Å². The molecule has 3 unspecified atom stereocenters. The monoisotopic (exact) mass is 515 g/mol. The van der Waals surface area contributed by atoms with Gasteiger partial charge in [-0.3, -0.25) is 18.9 Å². The Hall–Kier alpha value is -4.08. The van der Waals surface area contributed by atoms with E-state index in [2.05, 4.69) is 34.5 Å². The van der Waals surface area contributed by atoms with E-state index >= 15 is 0 Å². The predicted octanol–water partition coefficient (Wildman–Crippen LogP) is 4.34. The number of hydrogen-bond donors (Lipinski definition) is 2. The van der Waals surface area contributed by atoms with Crippen molar-refractivity contribution in [3.63, 3.8) is 0 Å². The number of rotatable bonds is 9. The van der Waals surface area contributed by atoms with Gasteiger partial charge in [-0.25, -0.2) is 9.89 Å². The summed E-state index contributed by atoms with van der Waals surface area (Å²) in [6.07, 6.45) is 8.81. The summed E-state index contributed by atoms with van der Waals surface area (Å²) in [5, 5.41) is 24.1. The van der Waals surface area contributed by atoms with Gasteiger partial charge in [0.2, 0.25) is 0 Å². The number of unbranched alkanes of at least 4 members (excludes halogenated alkanes) is 1. The number of hydrogen-bond acceptors (Lipinski definition) is 6. The van der Waals surface area contributed by atoms with Gasteiger partial charge in [-0.15, -0.1) is 5.10 Å². The first-order chi connectivity index (χ1) is 18.5. The van der Waals surface area contributed by atoms with E-state index in [-0.39, 0.29) is 17.6 Å². The van der Waals surface area contributed by atoms with Crippen molar-refractivity contribution in [2.75, 3.05) is 0 Å². The topological polar surface area (TPSA) is 132 Å². The number of carboxylic acid groups (broad SMARTS) is 1. The number of imidazole rings is 1. The quantitative estimate of drug-likeness (QED) is 0.339. The Bertz CT molecular complexity index is 1440. The standard InChI is InChI=1S/C28H33N7O3/c1-3-4-9-21-17-35(25-18(2)8-7-12-24(25)27(36)37)28(38)34(21)16-20-14-13-19(15-29-20)22-10-5-6-11-23(22)26-30-32-33-31-26/h5-6,10-11,13-15,17-18,24-25H,3-4,7-9,12,16H2,1-2H3,(H,36,37)(H,30,31,32,33). The lowest BCUT2D eigenvalue weighted by Gasteiger charge is -2.34. The van der Waals surface area contributed by atoms with Gasteiger partial charge in [0.25, 0.3) is 0 Å². The van der Waals surface area contributed by atoms with Crippen LogP contribution in [-0.4, -0.2) is 45.8 Å². The normalized spacial score (nSPS) is 19.5. The summed E-state index contributed by atoms with van der Waals surface area (Å²) < 4.78 is 3.47. The second-order valence-corrected chi connectivity index (χ2v) is 10.2. The summed E-state index contributed by atoms with van der Waals surface area (Å²) >= 11 is 0. The maximum atomic E-state index is 13.7. The number of aromatic amines is 1. The van der Waals surface area contributed by atoms with Crippen molar-refractivity contribution < 1.29 is 9.90 Å². The lowest BCUT2D eigenvalue weighted by atomic mass is 9.77. The molecule has 4 aromatic rings. The van der Waals surface area contributed by atoms with Gasteiger partial charge in [-0.05, 0) is 53.7 Å². The molecule has 0 spiro atoms. The highest BCUT2D eigenvalue weighted by Crippen LogP contribution is 2.38. The van der Waals surface area contributed by atoms with E-state index in [1.165, 1.54) is 0 Å². The highest BCUT2D eigenvalue weighted by molar-refractivity contribution is 5.79. The molecule has 10 heteroatoms. The number of tetrazole rings is 1. The number of aromatic nitrogens is 7. The summed E-state index contributed by atoms with van der Waals surface area (Å²) in [5.74, 6) is -0.678. The fourth-order valence-corrected chi connectivity index (χ4v) is 5.68. The predicted molar refractivity (Wildman–Crippen MR) is 142 cm³/mol. The summed E-state index contributed by atoms with van der Waals surface area (Å²) in [5.41, 5.74) is 4.26. The zero-order valence-corrected chi connectivity index (χ0v) is 21.7. The Morgan fingerprint density at radius 2 is 1.97 bits per heavy atom. The van der Waals surface area contributed by atoms with E-state index in [1.807, 2.05) is 42.6 Å². The van der Waals surface area contributed by atoms with Gasteiger partial charge in [0, 0.05) is 29.2 Å². The fourth-order valence-electron chi connectivity index (χ4n) is 5.68. The lowest BCUT2D eigenvalue weighted by molar-refractivity contribution is -0.145. The maximum Gasteiger partial charge on any atom is 0.328 e. The smallest absolute Gasteiger partial charge is 0.328 e. The minimum atomic E-state index is -0.824. The molecule has 198 valence electrons. The number of nitrogens with zero attached hydrogens (tertiary/aromatic N) is 6. The molecule has 5 rings (SSSR count). The van der Waals surface area contributed by atoms with E-state index < -0.39 is 11.9 Å². The maximum absolute atomic E-state index is 13.7. The average Bonchev–Trinajstić information content (AvgIpc) is 3.57. The van der Waals surface area contributed by atoms with E-state index in [0.717, 1.165) is 60.2 Å². The van der Waals surface area contributed by atoms with Crippen LogP contribution in [-0.2, 0) is 17.8 Å². The third-order valence-electron chi connectivity index (χ3n) is 7.66. The second-order valence-electron chi connectivity index (χ2n) is 10.2. The first kappa shape index (κ1) is 25.6. The molecule has 1 saturated carbocycles. The molecule has 2 N–H and O–H groups in total. The molecule has 1 aromatic carbocycles. The number of carboxylic acids is 1. The number of benzene rings is 1. The highest BCUT2D eigenvalue weighted by atomic mass is 16.4. The van der Waals surface area contributed by atoms with Crippen molar-refractivity contribution in [2.24, 2.45) is 11.8 Å². The molecule has 1 fully saturated rings. The summed E-state index contributed by atoms with van der Waals surface area (Å²) in [6, 6.07) is 11.4. The first-order valence-corrected chi connectivity index (χ1v) is 13.3. The van der Waals surface area contributed by atoms with Gasteiger partial charge in [-0.1, -0.05) is 57.0 Å². The van der Waals surface area contributed by atoms with Crippen LogP contribution in [0.5, 0.6) is 0 Å². The Balaban J connectivity index is 1.46. The van der Waals surface area contributed by atoms with Crippen LogP contribution < -0.4 is 5.69 Å². The Labute approximate surface area is 220 Å². The zero-order chi connectivity index (χ0) is 26.6. The molecule has 0 saturated heterocycles. The van der Waals surface area contributed by atoms with Gasteiger partial charge in [0.05, 0.1) is 24.2 Å². The molecule has 1 aliphatic carbocycles. The van der Waals surface area contributed by atoms with Crippen molar-refractivity contribution in [2.45, 2.75) is 65.0 Å². The van der Waals surface area contributed by atoms with Gasteiger partial charge in [-0.2, -0.15) is 0 Å². The Morgan fingerprint density at radius 3 is 2.66 bits per heavy atom. The summed E-state index contributed by atoms with van der Waals surface area (Å²) in [4.78, 5) is 30.5. The van der Waals surface area contributed by atoms with Crippen LogP contribution in [0.2, 0.25) is 0 Å². The Morgan fingerprint density at radius 1 is 1.16 bits per heavy atom. The van der Waals surface area contributed by atoms with Crippen molar-refractivity contribution in [3.8, 4) is 22.5 Å². The number of aliphatic carboxylic acids is 1. The van der Waals surface area contributed by atoms with E-state index in [0.29, 0.717) is 18.8 Å². The molecule has 0 amide bonds. The van der Waals surface area contributed by atoms with Crippen LogP contribution in [0.4, 0.5) is 0 Å². The molecule has 0 bridgehead atoms. The number of pyridine rings is 1. The SMILES string of the molecule is CCCCc1cn(C2C(C)CCCC2C(=O)O)c(=O)n1Cc1ccc(-c2ccccc2-c2nnn[nH]2)cn1. The van der Waals surface area contributed by atoms with Crippen LogP contribution >= 0.6 is 0 Å². The third-order valence-corrected chi connectivity index (χ3v) is 7.66. The number of carbonyl (C=O) groups is 1. The molecule has 3 heterocycles. The summed E-state index contributed by atoms with van der Waals surface area (Å²) in [6.45, 7) is 4.51. The van der Waals surface area contributed by atoms with Gasteiger partial charge < -0.3 is 5.11 Å². The van der Waals surface area contributed by atoms with Crippen LogP contribution in [0.1, 0.15) is 63.4 Å². The minimum absolute atomic E-state index is 0.120. The van der Waals surface area contributed by atoms with Crippen molar-refractivity contribution in [1.82, 2.24) is 34.7 Å².